The Bertz CT molecular complexity index is 1250. The SMILES string of the molecule is NC(=O)C1=C(O)C2(O)C(=O)C3=C(O)c4c(O)cccc4CC3CC2C(N2CCNC(=O)CC2)C1=O. The van der Waals surface area contributed by atoms with Crippen LogP contribution in [0.1, 0.15) is 24.0 Å². The van der Waals surface area contributed by atoms with Gasteiger partial charge in [-0.1, -0.05) is 12.1 Å². The van der Waals surface area contributed by atoms with Crippen molar-refractivity contribution in [3.63, 3.8) is 0 Å². The molecule has 1 aromatic carbocycles. The van der Waals surface area contributed by atoms with Gasteiger partial charge in [-0.3, -0.25) is 24.1 Å². The number of benzene rings is 1. The first-order valence-corrected chi connectivity index (χ1v) is 11.4. The highest BCUT2D eigenvalue weighted by Gasteiger charge is 2.64. The Morgan fingerprint density at radius 3 is 2.60 bits per heavy atom. The lowest BCUT2D eigenvalue weighted by atomic mass is 9.57. The van der Waals surface area contributed by atoms with Crippen molar-refractivity contribution in [2.45, 2.75) is 30.9 Å². The van der Waals surface area contributed by atoms with Crippen LogP contribution >= 0.6 is 0 Å². The second-order valence-electron chi connectivity index (χ2n) is 9.45. The van der Waals surface area contributed by atoms with E-state index in [1.165, 1.54) is 6.07 Å². The van der Waals surface area contributed by atoms with Gasteiger partial charge in [-0.25, -0.2) is 0 Å². The number of aliphatic hydroxyl groups excluding tert-OH is 2. The molecular weight excluding hydrogens is 458 g/mol. The number of aliphatic hydroxyl groups is 3. The van der Waals surface area contributed by atoms with Gasteiger partial charge in [0, 0.05) is 37.5 Å². The lowest BCUT2D eigenvalue weighted by Gasteiger charge is -2.51. The number of nitrogens with zero attached hydrogens (tertiary/aromatic N) is 1. The fourth-order valence-electron chi connectivity index (χ4n) is 6.07. The molecule has 2 amide bonds. The monoisotopic (exact) mass is 483 g/mol. The predicted molar refractivity (Wildman–Crippen MR) is 120 cm³/mol. The van der Waals surface area contributed by atoms with E-state index in [1.54, 1.807) is 17.0 Å². The van der Waals surface area contributed by atoms with Crippen LogP contribution in [0.4, 0.5) is 0 Å². The van der Waals surface area contributed by atoms with Crippen LogP contribution in [0.2, 0.25) is 0 Å². The van der Waals surface area contributed by atoms with Crippen molar-refractivity contribution >= 4 is 29.1 Å². The summed E-state index contributed by atoms with van der Waals surface area (Å²) in [6.07, 6.45) is 0.323. The molecule has 11 nitrogen and oxygen atoms in total. The molecule has 3 aliphatic carbocycles. The number of fused-ring (bicyclic) bond motifs is 3. The molecule has 5 rings (SSSR count). The molecule has 35 heavy (non-hydrogen) atoms. The van der Waals surface area contributed by atoms with Crippen molar-refractivity contribution in [2.75, 3.05) is 19.6 Å². The summed E-state index contributed by atoms with van der Waals surface area (Å²) in [6.45, 7) is 0.557. The van der Waals surface area contributed by atoms with Crippen molar-refractivity contribution in [1.82, 2.24) is 10.2 Å². The summed E-state index contributed by atoms with van der Waals surface area (Å²) < 4.78 is 0. The van der Waals surface area contributed by atoms with E-state index in [0.29, 0.717) is 5.56 Å². The Kier molecular flexibility index (Phi) is 5.22. The second-order valence-corrected chi connectivity index (χ2v) is 9.45. The molecule has 1 saturated heterocycles. The van der Waals surface area contributed by atoms with Crippen molar-refractivity contribution < 1.29 is 39.6 Å². The van der Waals surface area contributed by atoms with Crippen LogP contribution in [0.25, 0.3) is 5.76 Å². The highest BCUT2D eigenvalue weighted by molar-refractivity contribution is 6.24. The molecule has 184 valence electrons. The van der Waals surface area contributed by atoms with E-state index in [2.05, 4.69) is 5.32 Å². The van der Waals surface area contributed by atoms with Crippen LogP contribution in [0.5, 0.6) is 5.75 Å². The number of nitrogens with one attached hydrogen (secondary N) is 1. The highest BCUT2D eigenvalue weighted by atomic mass is 16.3. The van der Waals surface area contributed by atoms with Crippen LogP contribution in [0.3, 0.4) is 0 Å². The molecule has 0 radical (unpaired) electrons. The zero-order chi connectivity index (χ0) is 25.2. The smallest absolute Gasteiger partial charge is 0.255 e. The summed E-state index contributed by atoms with van der Waals surface area (Å²) in [7, 11) is 0. The molecule has 1 heterocycles. The van der Waals surface area contributed by atoms with Gasteiger partial charge in [0.25, 0.3) is 5.91 Å². The number of phenols is 1. The third-order valence-electron chi connectivity index (χ3n) is 7.64. The number of rotatable bonds is 2. The second kappa shape index (κ2) is 7.92. The minimum atomic E-state index is -2.70. The maximum absolute atomic E-state index is 13.8. The van der Waals surface area contributed by atoms with Gasteiger partial charge < -0.3 is 31.5 Å². The van der Waals surface area contributed by atoms with Crippen molar-refractivity contribution in [3.05, 3.63) is 46.2 Å². The van der Waals surface area contributed by atoms with Crippen LogP contribution in [-0.2, 0) is 25.6 Å². The average molecular weight is 483 g/mol. The summed E-state index contributed by atoms with van der Waals surface area (Å²) in [5, 5.41) is 46.6. The number of amides is 2. The molecule has 1 aromatic rings. The summed E-state index contributed by atoms with van der Waals surface area (Å²) in [6, 6.07) is 3.46. The van der Waals surface area contributed by atoms with Crippen LogP contribution in [0, 0.1) is 11.8 Å². The molecule has 7 N–H and O–H groups in total. The van der Waals surface area contributed by atoms with E-state index in [-0.39, 0.29) is 61.7 Å². The molecular formula is C24H25N3O8. The van der Waals surface area contributed by atoms with Gasteiger partial charge in [-0.05, 0) is 30.4 Å². The zero-order valence-electron chi connectivity index (χ0n) is 18.7. The van der Waals surface area contributed by atoms with Crippen LogP contribution in [-0.4, -0.2) is 80.0 Å². The van der Waals surface area contributed by atoms with Crippen molar-refractivity contribution in [3.8, 4) is 5.75 Å². The van der Waals surface area contributed by atoms with Gasteiger partial charge in [0.15, 0.2) is 11.4 Å². The molecule has 0 spiro atoms. The van der Waals surface area contributed by atoms with Crippen LogP contribution < -0.4 is 11.1 Å². The highest BCUT2D eigenvalue weighted by Crippen LogP contribution is 2.52. The number of primary amides is 1. The number of hydrogen-bond acceptors (Lipinski definition) is 9. The van der Waals surface area contributed by atoms with Gasteiger partial charge in [0.05, 0.1) is 11.6 Å². The Morgan fingerprint density at radius 1 is 1.14 bits per heavy atom. The number of Topliss-reactive ketones (excluding diaryl/α,β-unsaturated/α-hetero) is 2. The van der Waals surface area contributed by atoms with Crippen molar-refractivity contribution in [1.29, 1.82) is 0 Å². The first-order valence-electron chi connectivity index (χ1n) is 11.4. The summed E-state index contributed by atoms with van der Waals surface area (Å²) in [5.74, 6) is -7.08. The summed E-state index contributed by atoms with van der Waals surface area (Å²) in [5.41, 5.74) is 2.28. The molecule has 0 bridgehead atoms. The Morgan fingerprint density at radius 2 is 1.89 bits per heavy atom. The van der Waals surface area contributed by atoms with Gasteiger partial charge in [-0.2, -0.15) is 0 Å². The number of hydrogen-bond donors (Lipinski definition) is 6. The lowest BCUT2D eigenvalue weighted by molar-refractivity contribution is -0.155. The number of nitrogens with two attached hydrogens (primary N) is 1. The quantitative estimate of drug-likeness (QED) is 0.293. The zero-order valence-corrected chi connectivity index (χ0v) is 18.7. The normalized spacial score (nSPS) is 31.3. The van der Waals surface area contributed by atoms with Gasteiger partial charge in [0.2, 0.25) is 11.7 Å². The standard InChI is InChI=1S/C24H25N3O8/c25-23(34)17-20(31)18(27-6-4-14(29)26-5-7-27)12-9-11-8-10-2-1-3-13(28)15(10)19(30)16(11)21(32)24(12,35)22(17)33/h1-3,11-12,18,28,30,33,35H,4-9H2,(H2,25,34)(H,26,29). The third kappa shape index (κ3) is 3.18. The predicted octanol–water partition coefficient (Wildman–Crippen LogP) is -0.776. The maximum Gasteiger partial charge on any atom is 0.255 e. The molecule has 4 unspecified atom stereocenters. The van der Waals surface area contributed by atoms with E-state index >= 15 is 0 Å². The lowest BCUT2D eigenvalue weighted by Crippen LogP contribution is -2.66. The molecule has 2 fully saturated rings. The molecule has 4 aliphatic rings. The number of phenolic OH excluding ortho intramolecular Hbond substituents is 1. The Hall–Kier alpha value is -3.70. The fraction of sp³-hybridized carbons (Fsp3) is 0.417. The number of carbonyl (C=O) groups is 4. The van der Waals surface area contributed by atoms with E-state index in [9.17, 15) is 39.6 Å². The van der Waals surface area contributed by atoms with E-state index < -0.39 is 58.0 Å². The maximum atomic E-state index is 13.8. The fourth-order valence-corrected chi connectivity index (χ4v) is 6.07. The van der Waals surface area contributed by atoms with Gasteiger partial charge in [-0.15, -0.1) is 0 Å². The summed E-state index contributed by atoms with van der Waals surface area (Å²) >= 11 is 0. The number of ketones is 2. The van der Waals surface area contributed by atoms with Crippen molar-refractivity contribution in [2.24, 2.45) is 17.6 Å². The van der Waals surface area contributed by atoms with Gasteiger partial charge >= 0.3 is 0 Å². The van der Waals surface area contributed by atoms with E-state index in [1.807, 2.05) is 0 Å². The third-order valence-corrected chi connectivity index (χ3v) is 7.64. The largest absolute Gasteiger partial charge is 0.508 e. The Labute approximate surface area is 199 Å². The molecule has 4 atom stereocenters. The Balaban J connectivity index is 1.69. The topological polar surface area (TPSA) is 190 Å². The molecule has 1 aliphatic heterocycles. The van der Waals surface area contributed by atoms with Gasteiger partial charge in [0.1, 0.15) is 22.8 Å². The molecule has 0 aromatic heterocycles. The summed E-state index contributed by atoms with van der Waals surface area (Å²) in [4.78, 5) is 52.9. The molecule has 11 heteroatoms. The first kappa shape index (κ1) is 23.1. The van der Waals surface area contributed by atoms with E-state index in [4.69, 9.17) is 5.73 Å². The number of aromatic hydroxyl groups is 1. The molecule has 1 saturated carbocycles. The van der Waals surface area contributed by atoms with Crippen LogP contribution in [0.15, 0.2) is 35.1 Å². The van der Waals surface area contributed by atoms with E-state index in [0.717, 1.165) is 0 Å². The minimum absolute atomic E-state index is 0.0150. The average Bonchev–Trinajstić information content (AvgIpc) is 3.00. The minimum Gasteiger partial charge on any atom is -0.508 e. The number of carbonyl (C=O) groups excluding carboxylic acids is 4. The first-order chi connectivity index (χ1) is 16.6.